The zero-order chi connectivity index (χ0) is 14.9. The number of nitrogens with one attached hydrogen (secondary N) is 1. The van der Waals surface area contributed by atoms with Crippen LogP contribution in [-0.4, -0.2) is 33.1 Å². The van der Waals surface area contributed by atoms with Crippen molar-refractivity contribution < 1.29 is 13.2 Å². The normalized spacial score (nSPS) is 25.1. The number of aryl methyl sites for hydroxylation is 1. The number of rotatable bonds is 4. The van der Waals surface area contributed by atoms with Gasteiger partial charge in [0, 0.05) is 11.6 Å². The summed E-state index contributed by atoms with van der Waals surface area (Å²) in [6, 6.07) is 6.34. The molecule has 0 amide bonds. The average Bonchev–Trinajstić information content (AvgIpc) is 2.84. The smallest absolute Gasteiger partial charge is 0.150 e. The first-order valence-electron chi connectivity index (χ1n) is 7.79. The van der Waals surface area contributed by atoms with E-state index in [0.717, 1.165) is 43.7 Å². The molecule has 2 unspecified atom stereocenters. The number of sulfone groups is 1. The van der Waals surface area contributed by atoms with Gasteiger partial charge in [-0.1, -0.05) is 25.1 Å². The molecule has 2 aliphatic rings. The molecule has 1 saturated heterocycles. The first-order chi connectivity index (χ1) is 10.1. The van der Waals surface area contributed by atoms with Gasteiger partial charge in [-0.3, -0.25) is 0 Å². The Bertz CT molecular complexity index is 612. The van der Waals surface area contributed by atoms with Gasteiger partial charge in [0.15, 0.2) is 9.84 Å². The van der Waals surface area contributed by atoms with Crippen molar-refractivity contribution in [1.82, 2.24) is 5.32 Å². The monoisotopic (exact) mass is 309 g/mol. The van der Waals surface area contributed by atoms with E-state index in [1.165, 1.54) is 5.56 Å². The third kappa shape index (κ3) is 3.09. The maximum Gasteiger partial charge on any atom is 0.150 e. The van der Waals surface area contributed by atoms with Gasteiger partial charge < -0.3 is 10.1 Å². The largest absolute Gasteiger partial charge is 0.493 e. The first-order valence-corrected chi connectivity index (χ1v) is 9.61. The highest BCUT2D eigenvalue weighted by Crippen LogP contribution is 2.39. The number of hydrogen-bond acceptors (Lipinski definition) is 4. The number of benzene rings is 1. The van der Waals surface area contributed by atoms with Crippen LogP contribution in [0.3, 0.4) is 0 Å². The number of para-hydroxylation sites is 1. The van der Waals surface area contributed by atoms with Crippen molar-refractivity contribution in [3.05, 3.63) is 29.3 Å². The highest BCUT2D eigenvalue weighted by atomic mass is 32.2. The van der Waals surface area contributed by atoms with E-state index in [4.69, 9.17) is 4.74 Å². The maximum absolute atomic E-state index is 11.8. The van der Waals surface area contributed by atoms with E-state index in [0.29, 0.717) is 5.75 Å². The van der Waals surface area contributed by atoms with E-state index in [2.05, 4.69) is 30.4 Å². The van der Waals surface area contributed by atoms with Crippen LogP contribution in [0.15, 0.2) is 18.2 Å². The Labute approximate surface area is 126 Å². The van der Waals surface area contributed by atoms with E-state index in [9.17, 15) is 8.42 Å². The van der Waals surface area contributed by atoms with Crippen LogP contribution in [0.4, 0.5) is 0 Å². The van der Waals surface area contributed by atoms with Crippen LogP contribution in [0, 0.1) is 5.92 Å². The maximum atomic E-state index is 11.8. The molecule has 0 bridgehead atoms. The molecule has 2 heterocycles. The summed E-state index contributed by atoms with van der Waals surface area (Å²) >= 11 is 0. The topological polar surface area (TPSA) is 55.4 Å². The number of hydrogen-bond donors (Lipinski definition) is 1. The Morgan fingerprint density at radius 1 is 1.43 bits per heavy atom. The number of ether oxygens (including phenoxy) is 1. The highest BCUT2D eigenvalue weighted by molar-refractivity contribution is 7.91. The summed E-state index contributed by atoms with van der Waals surface area (Å²) in [5.41, 5.74) is 2.39. The predicted molar refractivity (Wildman–Crippen MR) is 83.4 cm³/mol. The van der Waals surface area contributed by atoms with Crippen molar-refractivity contribution in [2.75, 3.05) is 24.7 Å². The number of fused-ring (bicyclic) bond motifs is 1. The molecule has 2 atom stereocenters. The van der Waals surface area contributed by atoms with Crippen molar-refractivity contribution in [2.24, 2.45) is 5.92 Å². The van der Waals surface area contributed by atoms with Gasteiger partial charge in [0.1, 0.15) is 5.75 Å². The van der Waals surface area contributed by atoms with Crippen molar-refractivity contribution >= 4 is 9.84 Å². The van der Waals surface area contributed by atoms with Crippen LogP contribution in [0.25, 0.3) is 0 Å². The minimum absolute atomic E-state index is 0.0697. The molecule has 21 heavy (non-hydrogen) atoms. The molecule has 5 heteroatoms. The van der Waals surface area contributed by atoms with Gasteiger partial charge in [-0.25, -0.2) is 8.42 Å². The summed E-state index contributed by atoms with van der Waals surface area (Å²) in [5, 5.41) is 3.48. The lowest BCUT2D eigenvalue weighted by atomic mass is 9.89. The second-order valence-electron chi connectivity index (χ2n) is 5.99. The van der Waals surface area contributed by atoms with Crippen LogP contribution in [-0.2, 0) is 16.3 Å². The lowest BCUT2D eigenvalue weighted by molar-refractivity contribution is 0.276. The molecular weight excluding hydrogens is 286 g/mol. The Kier molecular flexibility index (Phi) is 4.22. The van der Waals surface area contributed by atoms with Gasteiger partial charge in [-0.2, -0.15) is 0 Å². The summed E-state index contributed by atoms with van der Waals surface area (Å²) in [7, 11) is -2.87. The van der Waals surface area contributed by atoms with Crippen LogP contribution in [0.1, 0.15) is 36.9 Å². The fourth-order valence-electron chi connectivity index (χ4n) is 3.50. The second kappa shape index (κ2) is 5.97. The Morgan fingerprint density at radius 2 is 2.29 bits per heavy atom. The fraction of sp³-hybridized carbons (Fsp3) is 0.625. The van der Waals surface area contributed by atoms with Crippen molar-refractivity contribution in [3.8, 4) is 5.75 Å². The molecule has 0 aromatic heterocycles. The molecule has 1 N–H and O–H groups in total. The third-order valence-corrected chi connectivity index (χ3v) is 6.26. The summed E-state index contributed by atoms with van der Waals surface area (Å²) in [6.45, 7) is 3.64. The van der Waals surface area contributed by atoms with E-state index in [1.54, 1.807) is 0 Å². The van der Waals surface area contributed by atoms with Gasteiger partial charge >= 0.3 is 0 Å². The van der Waals surface area contributed by atoms with Crippen LogP contribution in [0.5, 0.6) is 5.75 Å². The zero-order valence-corrected chi connectivity index (χ0v) is 13.3. The Balaban J connectivity index is 1.94. The van der Waals surface area contributed by atoms with Gasteiger partial charge in [0.05, 0.1) is 18.1 Å². The highest BCUT2D eigenvalue weighted by Gasteiger charge is 2.35. The van der Waals surface area contributed by atoms with E-state index in [-0.39, 0.29) is 17.7 Å². The van der Waals surface area contributed by atoms with E-state index < -0.39 is 9.84 Å². The third-order valence-electron chi connectivity index (χ3n) is 4.46. The van der Waals surface area contributed by atoms with E-state index in [1.807, 2.05) is 0 Å². The van der Waals surface area contributed by atoms with Gasteiger partial charge in [-0.15, -0.1) is 0 Å². The quantitative estimate of drug-likeness (QED) is 0.925. The molecule has 0 spiro atoms. The summed E-state index contributed by atoms with van der Waals surface area (Å²) in [6.07, 6.45) is 2.84. The SMILES string of the molecule is CCNC(c1cccc2c1OCCC2)C1CCS(=O)(=O)C1. The van der Waals surface area contributed by atoms with E-state index >= 15 is 0 Å². The molecule has 0 radical (unpaired) electrons. The fourth-order valence-corrected chi connectivity index (χ4v) is 5.34. The van der Waals surface area contributed by atoms with Crippen LogP contribution in [0.2, 0.25) is 0 Å². The summed E-state index contributed by atoms with van der Waals surface area (Å²) in [4.78, 5) is 0. The molecule has 3 rings (SSSR count). The average molecular weight is 309 g/mol. The summed E-state index contributed by atoms with van der Waals surface area (Å²) in [5.74, 6) is 1.73. The Morgan fingerprint density at radius 3 is 3.00 bits per heavy atom. The van der Waals surface area contributed by atoms with Crippen molar-refractivity contribution in [1.29, 1.82) is 0 Å². The van der Waals surface area contributed by atoms with Crippen LogP contribution >= 0.6 is 0 Å². The van der Waals surface area contributed by atoms with Gasteiger partial charge in [0.2, 0.25) is 0 Å². The Hall–Kier alpha value is -1.07. The minimum atomic E-state index is -2.87. The first kappa shape index (κ1) is 14.9. The van der Waals surface area contributed by atoms with Crippen molar-refractivity contribution in [2.45, 2.75) is 32.2 Å². The molecule has 1 aromatic rings. The second-order valence-corrected chi connectivity index (χ2v) is 8.21. The lowest BCUT2D eigenvalue weighted by Crippen LogP contribution is -2.30. The van der Waals surface area contributed by atoms with Crippen LogP contribution < -0.4 is 10.1 Å². The molecular formula is C16H23NO3S. The zero-order valence-electron chi connectivity index (χ0n) is 12.5. The summed E-state index contributed by atoms with van der Waals surface area (Å²) < 4.78 is 29.5. The predicted octanol–water partition coefficient (Wildman–Crippen LogP) is 2.10. The standard InChI is InChI=1S/C16H23NO3S/c1-2-17-15(13-8-10-21(18,19)11-13)14-7-3-5-12-6-4-9-20-16(12)14/h3,5,7,13,15,17H,2,4,6,8-11H2,1H3. The molecule has 4 nitrogen and oxygen atoms in total. The van der Waals surface area contributed by atoms with Crippen molar-refractivity contribution in [3.63, 3.8) is 0 Å². The molecule has 2 aliphatic heterocycles. The molecule has 1 aromatic carbocycles. The van der Waals surface area contributed by atoms with Gasteiger partial charge in [-0.05, 0) is 37.3 Å². The molecule has 0 aliphatic carbocycles. The van der Waals surface area contributed by atoms with Gasteiger partial charge in [0.25, 0.3) is 0 Å². The lowest BCUT2D eigenvalue weighted by Gasteiger charge is -2.29. The molecule has 0 saturated carbocycles. The minimum Gasteiger partial charge on any atom is -0.493 e. The molecule has 116 valence electrons. The molecule has 1 fully saturated rings.